The Kier molecular flexibility index (Phi) is 4.49. The van der Waals surface area contributed by atoms with Crippen LogP contribution in [0.4, 0.5) is 5.69 Å². The highest BCUT2D eigenvalue weighted by Gasteiger charge is 2.23. The lowest BCUT2D eigenvalue weighted by Crippen LogP contribution is -2.25. The van der Waals surface area contributed by atoms with E-state index in [1.807, 2.05) is 53.1 Å². The molecule has 0 unspecified atom stereocenters. The SMILES string of the molecule is COc1ccc(NC(=O)Cn2c(C(C)(C)C)nc3ccccc32)cc1. The Morgan fingerprint density at radius 2 is 1.80 bits per heavy atom. The maximum atomic E-state index is 12.6. The molecule has 1 N–H and O–H groups in total. The Morgan fingerprint density at radius 1 is 1.12 bits per heavy atom. The van der Waals surface area contributed by atoms with Crippen LogP contribution in [0.2, 0.25) is 0 Å². The first-order valence-electron chi connectivity index (χ1n) is 8.28. The number of carbonyl (C=O) groups excluding carboxylic acids is 1. The number of ether oxygens (including phenoxy) is 1. The maximum absolute atomic E-state index is 12.6. The number of para-hydroxylation sites is 2. The van der Waals surface area contributed by atoms with Crippen molar-refractivity contribution in [3.63, 3.8) is 0 Å². The molecule has 0 aliphatic heterocycles. The molecule has 0 saturated heterocycles. The molecule has 0 aliphatic carbocycles. The molecular weight excluding hydrogens is 314 g/mol. The molecule has 3 aromatic rings. The lowest BCUT2D eigenvalue weighted by atomic mass is 9.95. The number of imidazole rings is 1. The number of aromatic nitrogens is 2. The molecule has 0 spiro atoms. The molecule has 130 valence electrons. The topological polar surface area (TPSA) is 56.1 Å². The van der Waals surface area contributed by atoms with Crippen molar-refractivity contribution in [2.24, 2.45) is 0 Å². The molecule has 0 fully saturated rings. The monoisotopic (exact) mass is 337 g/mol. The van der Waals surface area contributed by atoms with Gasteiger partial charge in [-0.15, -0.1) is 0 Å². The zero-order valence-electron chi connectivity index (χ0n) is 15.0. The van der Waals surface area contributed by atoms with Crippen LogP contribution in [-0.4, -0.2) is 22.6 Å². The van der Waals surface area contributed by atoms with E-state index in [9.17, 15) is 4.79 Å². The molecule has 1 amide bonds. The van der Waals surface area contributed by atoms with Gasteiger partial charge in [0.2, 0.25) is 5.91 Å². The average molecular weight is 337 g/mol. The molecular formula is C20H23N3O2. The number of amides is 1. The number of benzene rings is 2. The maximum Gasteiger partial charge on any atom is 0.244 e. The van der Waals surface area contributed by atoms with Gasteiger partial charge in [-0.2, -0.15) is 0 Å². The van der Waals surface area contributed by atoms with E-state index in [0.717, 1.165) is 28.3 Å². The van der Waals surface area contributed by atoms with Gasteiger partial charge in [0, 0.05) is 11.1 Å². The van der Waals surface area contributed by atoms with Gasteiger partial charge in [-0.3, -0.25) is 4.79 Å². The fourth-order valence-electron chi connectivity index (χ4n) is 2.83. The molecule has 0 radical (unpaired) electrons. The third kappa shape index (κ3) is 3.65. The van der Waals surface area contributed by atoms with Crippen LogP contribution in [0.25, 0.3) is 11.0 Å². The van der Waals surface area contributed by atoms with Crippen molar-refractivity contribution < 1.29 is 9.53 Å². The lowest BCUT2D eigenvalue weighted by Gasteiger charge is -2.20. The fourth-order valence-corrected chi connectivity index (χ4v) is 2.83. The van der Waals surface area contributed by atoms with Crippen LogP contribution < -0.4 is 10.1 Å². The Bertz CT molecular complexity index is 889. The molecule has 25 heavy (non-hydrogen) atoms. The minimum Gasteiger partial charge on any atom is -0.497 e. The zero-order chi connectivity index (χ0) is 18.0. The van der Waals surface area contributed by atoms with Gasteiger partial charge in [-0.1, -0.05) is 32.9 Å². The number of hydrogen-bond donors (Lipinski definition) is 1. The van der Waals surface area contributed by atoms with E-state index in [4.69, 9.17) is 9.72 Å². The van der Waals surface area contributed by atoms with Gasteiger partial charge in [0.05, 0.1) is 18.1 Å². The van der Waals surface area contributed by atoms with Gasteiger partial charge in [0.25, 0.3) is 0 Å². The summed E-state index contributed by atoms with van der Waals surface area (Å²) in [6.07, 6.45) is 0. The average Bonchev–Trinajstić information content (AvgIpc) is 2.94. The van der Waals surface area contributed by atoms with Crippen molar-refractivity contribution >= 4 is 22.6 Å². The summed E-state index contributed by atoms with van der Waals surface area (Å²) in [6, 6.07) is 15.2. The lowest BCUT2D eigenvalue weighted by molar-refractivity contribution is -0.116. The van der Waals surface area contributed by atoms with Crippen LogP contribution in [0.3, 0.4) is 0 Å². The van der Waals surface area contributed by atoms with E-state index in [2.05, 4.69) is 26.1 Å². The summed E-state index contributed by atoms with van der Waals surface area (Å²) in [6.45, 7) is 6.53. The zero-order valence-corrected chi connectivity index (χ0v) is 15.0. The number of rotatable bonds is 4. The van der Waals surface area contributed by atoms with E-state index in [-0.39, 0.29) is 17.9 Å². The summed E-state index contributed by atoms with van der Waals surface area (Å²) < 4.78 is 7.13. The summed E-state index contributed by atoms with van der Waals surface area (Å²) in [5.74, 6) is 1.58. The molecule has 0 bridgehead atoms. The summed E-state index contributed by atoms with van der Waals surface area (Å²) in [4.78, 5) is 17.3. The quantitative estimate of drug-likeness (QED) is 0.783. The van der Waals surface area contributed by atoms with Crippen molar-refractivity contribution in [2.75, 3.05) is 12.4 Å². The molecule has 3 rings (SSSR count). The van der Waals surface area contributed by atoms with Gasteiger partial charge in [0.15, 0.2) is 0 Å². The third-order valence-electron chi connectivity index (χ3n) is 4.00. The second kappa shape index (κ2) is 6.59. The number of fused-ring (bicyclic) bond motifs is 1. The second-order valence-corrected chi connectivity index (χ2v) is 7.04. The predicted octanol–water partition coefficient (Wildman–Crippen LogP) is 3.98. The normalized spacial score (nSPS) is 11.5. The van der Waals surface area contributed by atoms with Crippen LogP contribution in [0.1, 0.15) is 26.6 Å². The van der Waals surface area contributed by atoms with E-state index in [1.54, 1.807) is 7.11 Å². The Labute approximate surface area is 147 Å². The number of carbonyl (C=O) groups is 1. The molecule has 5 nitrogen and oxygen atoms in total. The van der Waals surface area contributed by atoms with Crippen LogP contribution in [0.5, 0.6) is 5.75 Å². The molecule has 5 heteroatoms. The van der Waals surface area contributed by atoms with Crippen molar-refractivity contribution in [1.29, 1.82) is 0 Å². The predicted molar refractivity (Wildman–Crippen MR) is 100 cm³/mol. The minimum atomic E-state index is -0.153. The first-order chi connectivity index (χ1) is 11.9. The number of hydrogen-bond acceptors (Lipinski definition) is 3. The molecule has 1 heterocycles. The molecule has 0 atom stereocenters. The van der Waals surface area contributed by atoms with Gasteiger partial charge < -0.3 is 14.6 Å². The molecule has 2 aromatic carbocycles. The highest BCUT2D eigenvalue weighted by Crippen LogP contribution is 2.26. The van der Waals surface area contributed by atoms with E-state index in [1.165, 1.54) is 0 Å². The highest BCUT2D eigenvalue weighted by atomic mass is 16.5. The summed E-state index contributed by atoms with van der Waals surface area (Å²) in [7, 11) is 1.62. The molecule has 0 aliphatic rings. The fraction of sp³-hybridized carbons (Fsp3) is 0.300. The largest absolute Gasteiger partial charge is 0.497 e. The third-order valence-corrected chi connectivity index (χ3v) is 4.00. The number of methoxy groups -OCH3 is 1. The molecule has 0 saturated carbocycles. The van der Waals surface area contributed by atoms with E-state index in [0.29, 0.717) is 0 Å². The summed E-state index contributed by atoms with van der Waals surface area (Å²) >= 11 is 0. The van der Waals surface area contributed by atoms with Gasteiger partial charge >= 0.3 is 0 Å². The van der Waals surface area contributed by atoms with Crippen LogP contribution in [0, 0.1) is 0 Å². The Hall–Kier alpha value is -2.82. The van der Waals surface area contributed by atoms with Crippen molar-refractivity contribution in [3.8, 4) is 5.75 Å². The van der Waals surface area contributed by atoms with Gasteiger partial charge in [-0.05, 0) is 36.4 Å². The van der Waals surface area contributed by atoms with Crippen molar-refractivity contribution in [3.05, 3.63) is 54.4 Å². The summed E-state index contributed by atoms with van der Waals surface area (Å²) in [5, 5.41) is 2.93. The number of nitrogens with one attached hydrogen (secondary N) is 1. The van der Waals surface area contributed by atoms with Crippen LogP contribution in [-0.2, 0) is 16.8 Å². The second-order valence-electron chi connectivity index (χ2n) is 7.04. The first kappa shape index (κ1) is 17.0. The highest BCUT2D eigenvalue weighted by molar-refractivity contribution is 5.91. The first-order valence-corrected chi connectivity index (χ1v) is 8.28. The van der Waals surface area contributed by atoms with Crippen LogP contribution in [0.15, 0.2) is 48.5 Å². The van der Waals surface area contributed by atoms with Crippen molar-refractivity contribution in [1.82, 2.24) is 9.55 Å². The van der Waals surface area contributed by atoms with E-state index < -0.39 is 0 Å². The van der Waals surface area contributed by atoms with Crippen LogP contribution >= 0.6 is 0 Å². The standard InChI is InChI=1S/C20H23N3O2/c1-20(2,3)19-22-16-7-5-6-8-17(16)23(19)13-18(24)21-14-9-11-15(25-4)12-10-14/h5-12H,13H2,1-4H3,(H,21,24). The van der Waals surface area contributed by atoms with Gasteiger partial charge in [-0.25, -0.2) is 4.98 Å². The van der Waals surface area contributed by atoms with Gasteiger partial charge in [0.1, 0.15) is 18.1 Å². The Balaban J connectivity index is 1.87. The number of nitrogens with zero attached hydrogens (tertiary/aromatic N) is 2. The van der Waals surface area contributed by atoms with E-state index >= 15 is 0 Å². The minimum absolute atomic E-state index is 0.0844. The van der Waals surface area contributed by atoms with Crippen molar-refractivity contribution in [2.45, 2.75) is 32.7 Å². The Morgan fingerprint density at radius 3 is 2.44 bits per heavy atom. The smallest absolute Gasteiger partial charge is 0.244 e. The number of anilines is 1. The summed E-state index contributed by atoms with van der Waals surface area (Å²) in [5.41, 5.74) is 2.47. The molecule has 1 aromatic heterocycles.